The molecule has 1 heterocycles. The molecule has 0 saturated heterocycles. The quantitative estimate of drug-likeness (QED) is 0.129. The number of rotatable bonds is 10. The number of halogens is 1. The Morgan fingerprint density at radius 2 is 1.53 bits per heavy atom. The van der Waals surface area contributed by atoms with Gasteiger partial charge in [0.15, 0.2) is 0 Å². The highest BCUT2D eigenvalue weighted by Gasteiger charge is 2.03. The van der Waals surface area contributed by atoms with Crippen molar-refractivity contribution in [3.8, 4) is 0 Å². The number of guanidine groups is 1. The number of benzene rings is 3. The van der Waals surface area contributed by atoms with E-state index in [2.05, 4.69) is 20.9 Å². The number of unbranched alkanes of at least 4 members (excludes halogenated alkanes) is 3. The van der Waals surface area contributed by atoms with Gasteiger partial charge in [-0.25, -0.2) is 4.99 Å². The van der Waals surface area contributed by atoms with Crippen LogP contribution < -0.4 is 16.0 Å². The van der Waals surface area contributed by atoms with Gasteiger partial charge in [-0.1, -0.05) is 60.8 Å². The molecule has 0 radical (unpaired) electrons. The van der Waals surface area contributed by atoms with Crippen LogP contribution in [0.5, 0.6) is 0 Å². The molecule has 0 unspecified atom stereocenters. The van der Waals surface area contributed by atoms with Crippen LogP contribution in [0.15, 0.2) is 96.1 Å². The molecule has 3 aromatic carbocycles. The summed E-state index contributed by atoms with van der Waals surface area (Å²) in [5.74, 6) is 0.767. The van der Waals surface area contributed by atoms with Crippen molar-refractivity contribution >= 4 is 45.5 Å². The van der Waals surface area contributed by atoms with Crippen molar-refractivity contribution in [3.05, 3.63) is 96.1 Å². The van der Waals surface area contributed by atoms with Crippen LogP contribution in [-0.2, 0) is 0 Å². The Balaban J connectivity index is 1.19. The summed E-state index contributed by atoms with van der Waals surface area (Å²) in [5.41, 5.74) is 3.96. The fourth-order valence-electron chi connectivity index (χ4n) is 3.71. The van der Waals surface area contributed by atoms with Crippen molar-refractivity contribution in [2.45, 2.75) is 25.7 Å². The number of aromatic nitrogens is 1. The number of fused-ring (bicyclic) bond motifs is 1. The number of anilines is 2. The second-order valence-electron chi connectivity index (χ2n) is 8.07. The van der Waals surface area contributed by atoms with Crippen molar-refractivity contribution in [1.82, 2.24) is 10.3 Å². The highest BCUT2D eigenvalue weighted by atomic mass is 35.5. The summed E-state index contributed by atoms with van der Waals surface area (Å²) in [4.78, 5) is 9.14. The van der Waals surface area contributed by atoms with Gasteiger partial charge in [-0.3, -0.25) is 4.98 Å². The normalized spacial score (nSPS) is 11.4. The van der Waals surface area contributed by atoms with Gasteiger partial charge in [-0.15, -0.1) is 0 Å². The summed E-state index contributed by atoms with van der Waals surface area (Å²) in [6, 6.07) is 28.0. The van der Waals surface area contributed by atoms with Gasteiger partial charge in [0, 0.05) is 41.1 Å². The van der Waals surface area contributed by atoms with Gasteiger partial charge in [0.1, 0.15) is 0 Å². The first-order chi connectivity index (χ1) is 16.8. The van der Waals surface area contributed by atoms with E-state index in [9.17, 15) is 0 Å². The number of pyridine rings is 1. The molecule has 0 amide bonds. The molecule has 5 nitrogen and oxygen atoms in total. The summed E-state index contributed by atoms with van der Waals surface area (Å²) in [7, 11) is 0. The molecule has 3 N–H and O–H groups in total. The molecule has 0 atom stereocenters. The zero-order valence-electron chi connectivity index (χ0n) is 19.2. The van der Waals surface area contributed by atoms with Crippen LogP contribution in [0.4, 0.5) is 17.1 Å². The number of aliphatic imine (C=N–C) groups is 1. The van der Waals surface area contributed by atoms with Crippen LogP contribution in [0.2, 0.25) is 5.02 Å². The Morgan fingerprint density at radius 1 is 0.794 bits per heavy atom. The van der Waals surface area contributed by atoms with Crippen molar-refractivity contribution in [1.29, 1.82) is 0 Å². The van der Waals surface area contributed by atoms with E-state index in [1.807, 2.05) is 91.1 Å². The van der Waals surface area contributed by atoms with Crippen molar-refractivity contribution in [2.24, 2.45) is 4.99 Å². The fourth-order valence-corrected chi connectivity index (χ4v) is 3.88. The summed E-state index contributed by atoms with van der Waals surface area (Å²) in [6.07, 6.45) is 6.35. The third kappa shape index (κ3) is 7.22. The minimum Gasteiger partial charge on any atom is -0.384 e. The number of nitrogens with zero attached hydrogens (tertiary/aromatic N) is 2. The molecule has 0 saturated carbocycles. The minimum atomic E-state index is 0.710. The fraction of sp³-hybridized carbons (Fsp3) is 0.214. The first-order valence-corrected chi connectivity index (χ1v) is 12.1. The van der Waals surface area contributed by atoms with Gasteiger partial charge in [-0.05, 0) is 61.4 Å². The predicted molar refractivity (Wildman–Crippen MR) is 145 cm³/mol. The number of hydrogen-bond acceptors (Lipinski definition) is 3. The van der Waals surface area contributed by atoms with Gasteiger partial charge >= 0.3 is 0 Å². The molecular formula is C28H30ClN5. The lowest BCUT2D eigenvalue weighted by molar-refractivity contribution is 0.643. The largest absolute Gasteiger partial charge is 0.384 e. The molecule has 174 valence electrons. The average Bonchev–Trinajstić information content (AvgIpc) is 2.86. The first-order valence-electron chi connectivity index (χ1n) is 11.8. The lowest BCUT2D eigenvalue weighted by Gasteiger charge is -2.13. The van der Waals surface area contributed by atoms with E-state index in [1.54, 1.807) is 0 Å². The summed E-state index contributed by atoms with van der Waals surface area (Å²) in [5, 5.41) is 12.2. The van der Waals surface area contributed by atoms with Crippen LogP contribution in [0, 0.1) is 0 Å². The number of hydrogen-bond donors (Lipinski definition) is 3. The Labute approximate surface area is 206 Å². The SMILES string of the molecule is Clc1ccc2c(NCCCCCCN/C(=N\c3ccccc3)Nc3ccccc3)ccnc2c1. The average molecular weight is 472 g/mol. The summed E-state index contributed by atoms with van der Waals surface area (Å²) < 4.78 is 0. The highest BCUT2D eigenvalue weighted by molar-refractivity contribution is 6.31. The molecule has 4 aromatic rings. The Kier molecular flexibility index (Phi) is 8.75. The van der Waals surface area contributed by atoms with E-state index in [0.29, 0.717) is 5.02 Å². The monoisotopic (exact) mass is 471 g/mol. The third-order valence-electron chi connectivity index (χ3n) is 5.45. The summed E-state index contributed by atoms with van der Waals surface area (Å²) >= 11 is 6.08. The molecule has 0 aliphatic carbocycles. The van der Waals surface area contributed by atoms with Gasteiger partial charge in [-0.2, -0.15) is 0 Å². The predicted octanol–water partition coefficient (Wildman–Crippen LogP) is 7.25. The van der Waals surface area contributed by atoms with Crippen LogP contribution in [0.25, 0.3) is 10.9 Å². The van der Waals surface area contributed by atoms with E-state index in [0.717, 1.165) is 66.3 Å². The van der Waals surface area contributed by atoms with Crippen LogP contribution in [-0.4, -0.2) is 24.0 Å². The second-order valence-corrected chi connectivity index (χ2v) is 8.51. The Hall–Kier alpha value is -3.57. The van der Waals surface area contributed by atoms with Gasteiger partial charge in [0.05, 0.1) is 11.2 Å². The van der Waals surface area contributed by atoms with Crippen molar-refractivity contribution < 1.29 is 0 Å². The maximum Gasteiger partial charge on any atom is 0.201 e. The topological polar surface area (TPSA) is 61.3 Å². The molecule has 34 heavy (non-hydrogen) atoms. The first kappa shape index (κ1) is 23.6. The maximum atomic E-state index is 6.08. The second kappa shape index (κ2) is 12.6. The molecule has 0 fully saturated rings. The van der Waals surface area contributed by atoms with E-state index < -0.39 is 0 Å². The maximum absolute atomic E-state index is 6.08. The molecule has 0 spiro atoms. The van der Waals surface area contributed by atoms with E-state index in [4.69, 9.17) is 16.6 Å². The Morgan fingerprint density at radius 3 is 2.32 bits per heavy atom. The standard InChI is InChI=1S/C28H30ClN5/c29-22-15-16-25-26(17-20-31-27(25)21-22)30-18-9-1-2-10-19-32-28(33-23-11-5-3-6-12-23)34-24-13-7-4-8-14-24/h3-8,11-17,20-21H,1-2,9-10,18-19H2,(H,30,31)(H2,32,33,34). The summed E-state index contributed by atoms with van der Waals surface area (Å²) in [6.45, 7) is 1.81. The van der Waals surface area contributed by atoms with Crippen molar-refractivity contribution in [2.75, 3.05) is 23.7 Å². The molecule has 0 bridgehead atoms. The van der Waals surface area contributed by atoms with E-state index in [-0.39, 0.29) is 0 Å². The Bertz CT molecular complexity index is 1200. The van der Waals surface area contributed by atoms with Gasteiger partial charge in [0.2, 0.25) is 5.96 Å². The lowest BCUT2D eigenvalue weighted by atomic mass is 10.1. The number of nitrogens with one attached hydrogen (secondary N) is 3. The molecule has 6 heteroatoms. The van der Waals surface area contributed by atoms with Crippen LogP contribution in [0.3, 0.4) is 0 Å². The van der Waals surface area contributed by atoms with E-state index >= 15 is 0 Å². The minimum absolute atomic E-state index is 0.710. The smallest absolute Gasteiger partial charge is 0.201 e. The lowest BCUT2D eigenvalue weighted by Crippen LogP contribution is -2.31. The van der Waals surface area contributed by atoms with E-state index in [1.165, 1.54) is 6.42 Å². The van der Waals surface area contributed by atoms with Gasteiger partial charge in [0.25, 0.3) is 0 Å². The third-order valence-corrected chi connectivity index (χ3v) is 5.68. The molecule has 0 aliphatic heterocycles. The van der Waals surface area contributed by atoms with Gasteiger partial charge < -0.3 is 16.0 Å². The molecule has 1 aromatic heterocycles. The zero-order chi connectivity index (χ0) is 23.4. The van der Waals surface area contributed by atoms with Crippen LogP contribution >= 0.6 is 11.6 Å². The molecule has 0 aliphatic rings. The molecule has 4 rings (SSSR count). The van der Waals surface area contributed by atoms with Crippen LogP contribution in [0.1, 0.15) is 25.7 Å². The zero-order valence-corrected chi connectivity index (χ0v) is 19.9. The highest BCUT2D eigenvalue weighted by Crippen LogP contribution is 2.24. The number of para-hydroxylation sites is 2. The molecular weight excluding hydrogens is 442 g/mol. The van der Waals surface area contributed by atoms with Crippen molar-refractivity contribution in [3.63, 3.8) is 0 Å².